The van der Waals surface area contributed by atoms with Crippen molar-refractivity contribution in [1.82, 2.24) is 14.7 Å². The molecule has 108 valence electrons. The summed E-state index contributed by atoms with van der Waals surface area (Å²) in [5, 5.41) is 0. The molecule has 2 N–H and O–H groups in total. The highest BCUT2D eigenvalue weighted by Crippen LogP contribution is 2.19. The highest BCUT2D eigenvalue weighted by Gasteiger charge is 2.23. The largest absolute Gasteiger partial charge is 0.348 e. The van der Waals surface area contributed by atoms with E-state index in [-0.39, 0.29) is 6.54 Å². The fourth-order valence-corrected chi connectivity index (χ4v) is 2.63. The van der Waals surface area contributed by atoms with Gasteiger partial charge in [-0.2, -0.15) is 0 Å². The molecule has 0 bridgehead atoms. The third kappa shape index (κ3) is 2.99. The van der Waals surface area contributed by atoms with Crippen LogP contribution in [0, 0.1) is 17.5 Å². The maximum Gasteiger partial charge on any atom is 0.243 e. The number of aromatic amines is 1. The van der Waals surface area contributed by atoms with E-state index in [1.54, 1.807) is 0 Å². The zero-order valence-electron chi connectivity index (χ0n) is 10.0. The average molecular weight is 305 g/mol. The van der Waals surface area contributed by atoms with Gasteiger partial charge in [-0.1, -0.05) is 0 Å². The zero-order valence-corrected chi connectivity index (χ0v) is 10.8. The van der Waals surface area contributed by atoms with E-state index in [0.29, 0.717) is 24.2 Å². The second-order valence-electron chi connectivity index (χ2n) is 3.90. The first-order chi connectivity index (χ1) is 9.42. The number of sulfonamides is 1. The number of halogens is 3. The van der Waals surface area contributed by atoms with Crippen LogP contribution in [0.5, 0.6) is 0 Å². The van der Waals surface area contributed by atoms with Crippen LogP contribution >= 0.6 is 0 Å². The number of nitrogens with zero attached hydrogens (tertiary/aromatic N) is 1. The van der Waals surface area contributed by atoms with Crippen LogP contribution < -0.4 is 4.72 Å². The van der Waals surface area contributed by atoms with Gasteiger partial charge < -0.3 is 4.98 Å². The van der Waals surface area contributed by atoms with Crippen molar-refractivity contribution in [1.29, 1.82) is 0 Å². The maximum atomic E-state index is 13.4. The number of hydrogen-bond acceptors (Lipinski definition) is 3. The van der Waals surface area contributed by atoms with Crippen molar-refractivity contribution in [2.45, 2.75) is 11.3 Å². The third-order valence-corrected chi connectivity index (χ3v) is 4.01. The molecule has 0 aliphatic heterocycles. The highest BCUT2D eigenvalue weighted by molar-refractivity contribution is 7.89. The van der Waals surface area contributed by atoms with Gasteiger partial charge in [0.1, 0.15) is 4.90 Å². The van der Waals surface area contributed by atoms with Gasteiger partial charge in [0.25, 0.3) is 0 Å². The van der Waals surface area contributed by atoms with E-state index in [9.17, 15) is 21.6 Å². The van der Waals surface area contributed by atoms with E-state index in [4.69, 9.17) is 0 Å². The van der Waals surface area contributed by atoms with Gasteiger partial charge in [-0.15, -0.1) is 0 Å². The first-order valence-electron chi connectivity index (χ1n) is 5.52. The van der Waals surface area contributed by atoms with Crippen LogP contribution in [0.15, 0.2) is 29.6 Å². The fraction of sp³-hybridized carbons (Fsp3) is 0.182. The molecule has 0 fully saturated rings. The van der Waals surface area contributed by atoms with Crippen molar-refractivity contribution < 1.29 is 21.6 Å². The average Bonchev–Trinajstić information content (AvgIpc) is 2.88. The Labute approximate surface area is 112 Å². The van der Waals surface area contributed by atoms with Crippen LogP contribution in [0.25, 0.3) is 0 Å². The lowest BCUT2D eigenvalue weighted by molar-refractivity contribution is 0.431. The Morgan fingerprint density at radius 3 is 2.60 bits per heavy atom. The summed E-state index contributed by atoms with van der Waals surface area (Å²) >= 11 is 0. The molecule has 1 aromatic carbocycles. The van der Waals surface area contributed by atoms with Crippen LogP contribution in [0.4, 0.5) is 13.2 Å². The minimum absolute atomic E-state index is 0.0387. The molecule has 0 spiro atoms. The van der Waals surface area contributed by atoms with E-state index < -0.39 is 32.4 Å². The Bertz CT molecular complexity index is 702. The number of imidazole rings is 1. The predicted molar refractivity (Wildman–Crippen MR) is 63.8 cm³/mol. The predicted octanol–water partition coefficient (Wildman–Crippen LogP) is 1.35. The van der Waals surface area contributed by atoms with Crippen molar-refractivity contribution in [2.24, 2.45) is 0 Å². The minimum atomic E-state index is -4.25. The summed E-state index contributed by atoms with van der Waals surface area (Å²) in [4.78, 5) is 5.58. The SMILES string of the molecule is O=S(=O)(NCCc1cnc[nH]1)c1ccc(F)c(F)c1F. The molecule has 0 aliphatic rings. The van der Waals surface area contributed by atoms with Crippen LogP contribution in [0.3, 0.4) is 0 Å². The normalized spacial score (nSPS) is 11.8. The van der Waals surface area contributed by atoms with Crippen molar-refractivity contribution >= 4 is 10.0 Å². The topological polar surface area (TPSA) is 74.8 Å². The van der Waals surface area contributed by atoms with Gasteiger partial charge in [-0.3, -0.25) is 0 Å². The molecule has 0 atom stereocenters. The molecule has 1 heterocycles. The quantitative estimate of drug-likeness (QED) is 0.819. The molecule has 2 rings (SSSR count). The van der Waals surface area contributed by atoms with Gasteiger partial charge in [0.05, 0.1) is 6.33 Å². The van der Waals surface area contributed by atoms with Crippen molar-refractivity contribution in [3.63, 3.8) is 0 Å². The van der Waals surface area contributed by atoms with Crippen LogP contribution in [-0.4, -0.2) is 24.9 Å². The van der Waals surface area contributed by atoms with Gasteiger partial charge >= 0.3 is 0 Å². The molecule has 0 radical (unpaired) electrons. The summed E-state index contributed by atoms with van der Waals surface area (Å²) in [5.74, 6) is -5.00. The van der Waals surface area contributed by atoms with Gasteiger partial charge in [-0.05, 0) is 12.1 Å². The lowest BCUT2D eigenvalue weighted by Gasteiger charge is -2.07. The highest BCUT2D eigenvalue weighted by atomic mass is 32.2. The molecule has 9 heteroatoms. The summed E-state index contributed by atoms with van der Waals surface area (Å²) in [6, 6.07) is 1.23. The lowest BCUT2D eigenvalue weighted by atomic mass is 10.3. The number of rotatable bonds is 5. The fourth-order valence-electron chi connectivity index (χ4n) is 1.53. The van der Waals surface area contributed by atoms with E-state index >= 15 is 0 Å². The third-order valence-electron chi connectivity index (χ3n) is 2.53. The maximum absolute atomic E-state index is 13.4. The van der Waals surface area contributed by atoms with E-state index in [1.165, 1.54) is 12.5 Å². The number of benzene rings is 1. The summed E-state index contributed by atoms with van der Waals surface area (Å²) < 4.78 is 64.8. The Hall–Kier alpha value is -1.87. The monoisotopic (exact) mass is 305 g/mol. The molecule has 0 unspecified atom stereocenters. The molecule has 0 amide bonds. The molecule has 0 aliphatic carbocycles. The van der Waals surface area contributed by atoms with Crippen LogP contribution in [0.1, 0.15) is 5.69 Å². The molecule has 0 saturated carbocycles. The molecular weight excluding hydrogens is 295 g/mol. The summed E-state index contributed by atoms with van der Waals surface area (Å²) in [6.07, 6.45) is 3.23. The molecule has 1 aromatic heterocycles. The standard InChI is InChI=1S/C11H10F3N3O2S/c12-8-1-2-9(11(14)10(8)13)20(18,19)17-4-3-7-5-15-6-16-7/h1-2,5-6,17H,3-4H2,(H,15,16). The number of hydrogen-bond donors (Lipinski definition) is 2. The van der Waals surface area contributed by atoms with Crippen molar-refractivity contribution in [3.05, 3.63) is 47.8 Å². The van der Waals surface area contributed by atoms with E-state index in [0.717, 1.165) is 0 Å². The summed E-state index contributed by atoms with van der Waals surface area (Å²) in [7, 11) is -4.25. The van der Waals surface area contributed by atoms with Gasteiger partial charge in [-0.25, -0.2) is 31.3 Å². The van der Waals surface area contributed by atoms with Crippen molar-refractivity contribution in [2.75, 3.05) is 6.54 Å². The summed E-state index contributed by atoms with van der Waals surface area (Å²) in [5.41, 5.74) is 0.679. The molecule has 2 aromatic rings. The van der Waals surface area contributed by atoms with Gasteiger partial charge in [0.2, 0.25) is 10.0 Å². The van der Waals surface area contributed by atoms with Crippen molar-refractivity contribution in [3.8, 4) is 0 Å². The van der Waals surface area contributed by atoms with Gasteiger partial charge in [0.15, 0.2) is 17.5 Å². The smallest absolute Gasteiger partial charge is 0.243 e. The lowest BCUT2D eigenvalue weighted by Crippen LogP contribution is -2.27. The second-order valence-corrected chi connectivity index (χ2v) is 5.63. The Balaban J connectivity index is 2.12. The molecule has 5 nitrogen and oxygen atoms in total. The van der Waals surface area contributed by atoms with E-state index in [2.05, 4.69) is 14.7 Å². The molecule has 0 saturated heterocycles. The van der Waals surface area contributed by atoms with Crippen LogP contribution in [-0.2, 0) is 16.4 Å². The van der Waals surface area contributed by atoms with Crippen LogP contribution in [0.2, 0.25) is 0 Å². The second kappa shape index (κ2) is 5.63. The van der Waals surface area contributed by atoms with E-state index in [1.807, 2.05) is 0 Å². The van der Waals surface area contributed by atoms with Gasteiger partial charge in [0, 0.05) is 24.9 Å². The Morgan fingerprint density at radius 1 is 1.20 bits per heavy atom. The molecular formula is C11H10F3N3O2S. The Kier molecular flexibility index (Phi) is 4.09. The Morgan fingerprint density at radius 2 is 1.95 bits per heavy atom. The molecule has 20 heavy (non-hydrogen) atoms. The summed E-state index contributed by atoms with van der Waals surface area (Å²) in [6.45, 7) is -0.0387. The minimum Gasteiger partial charge on any atom is -0.348 e. The zero-order chi connectivity index (χ0) is 14.8. The number of aromatic nitrogens is 2. The number of H-pyrrole nitrogens is 1. The first kappa shape index (κ1) is 14.5. The first-order valence-corrected chi connectivity index (χ1v) is 7.00. The number of nitrogens with one attached hydrogen (secondary N) is 2.